The molecule has 0 unspecified atom stereocenters. The van der Waals surface area contributed by atoms with Gasteiger partial charge in [0.15, 0.2) is 11.7 Å². The lowest BCUT2D eigenvalue weighted by atomic mass is 9.92. The summed E-state index contributed by atoms with van der Waals surface area (Å²) >= 11 is 0. The second-order valence-corrected chi connectivity index (χ2v) is 12.9. The number of amidine groups is 2. The van der Waals surface area contributed by atoms with Crippen LogP contribution in [0.2, 0.25) is 0 Å². The first kappa shape index (κ1) is 36.5. The van der Waals surface area contributed by atoms with Gasteiger partial charge in [0, 0.05) is 16.7 Å². The van der Waals surface area contributed by atoms with Crippen molar-refractivity contribution in [3.63, 3.8) is 0 Å². The molecule has 5 aromatic carbocycles. The summed E-state index contributed by atoms with van der Waals surface area (Å²) in [6.07, 6.45) is 9.76. The Bertz CT molecular complexity index is 2330. The number of hydrogen-bond acceptors (Lipinski definition) is 3. The van der Waals surface area contributed by atoms with E-state index in [1.165, 1.54) is 22.3 Å². The highest BCUT2D eigenvalue weighted by atomic mass is 15.0. The second kappa shape index (κ2) is 17.7. The van der Waals surface area contributed by atoms with E-state index in [9.17, 15) is 0 Å². The lowest BCUT2D eigenvalue weighted by Crippen LogP contribution is -2.05. The zero-order valence-corrected chi connectivity index (χ0v) is 30.7. The van der Waals surface area contributed by atoms with Crippen molar-refractivity contribution in [2.75, 3.05) is 0 Å². The number of aryl methyl sites for hydroxylation is 1. The molecule has 5 heteroatoms. The number of para-hydroxylation sites is 2. The molecular weight excluding hydrogens is 647 g/mol. The van der Waals surface area contributed by atoms with Gasteiger partial charge < -0.3 is 0 Å². The van der Waals surface area contributed by atoms with Gasteiger partial charge in [-0.3, -0.25) is 9.98 Å². The summed E-state index contributed by atoms with van der Waals surface area (Å²) in [6, 6.07) is 41.1. The van der Waals surface area contributed by atoms with E-state index in [2.05, 4.69) is 81.2 Å². The van der Waals surface area contributed by atoms with Crippen LogP contribution in [0.3, 0.4) is 0 Å². The highest BCUT2D eigenvalue weighted by Crippen LogP contribution is 2.31. The Labute approximate surface area is 313 Å². The molecule has 262 valence electrons. The van der Waals surface area contributed by atoms with Crippen molar-refractivity contribution in [2.45, 2.75) is 46.1 Å². The smallest absolute Gasteiger partial charge is 0.161 e. The third-order valence-corrected chi connectivity index (χ3v) is 9.37. The topological polar surface area (TPSA) is 62.9 Å². The van der Waals surface area contributed by atoms with Crippen LogP contribution in [-0.2, 0) is 13.0 Å². The number of aromatic nitrogens is 2. The molecule has 5 nitrogen and oxygen atoms in total. The van der Waals surface area contributed by atoms with E-state index in [1.807, 2.05) is 97.2 Å². The molecule has 0 spiro atoms. The Kier molecular flexibility index (Phi) is 12.2. The molecule has 6 aromatic rings. The summed E-state index contributed by atoms with van der Waals surface area (Å²) in [5.41, 5.74) is 13.6. The molecule has 0 saturated carbocycles. The molecular formula is C48H45N5. The van der Waals surface area contributed by atoms with Gasteiger partial charge >= 0.3 is 0 Å². The number of fused-ring (bicyclic) bond motifs is 1. The Hall–Kier alpha value is -6.33. The van der Waals surface area contributed by atoms with Crippen molar-refractivity contribution in [3.8, 4) is 11.3 Å². The van der Waals surface area contributed by atoms with Gasteiger partial charge in [-0.2, -0.15) is 0 Å². The Morgan fingerprint density at radius 1 is 0.736 bits per heavy atom. The van der Waals surface area contributed by atoms with E-state index < -0.39 is 0 Å². The fraction of sp³-hybridized carbons (Fsp3) is 0.146. The van der Waals surface area contributed by atoms with E-state index in [0.29, 0.717) is 18.2 Å². The molecule has 0 aliphatic heterocycles. The molecule has 1 aromatic heterocycles. The van der Waals surface area contributed by atoms with Gasteiger partial charge in [0.2, 0.25) is 0 Å². The molecule has 0 aliphatic rings. The molecule has 0 aliphatic carbocycles. The largest absolute Gasteiger partial charge is 0.261 e. The van der Waals surface area contributed by atoms with Crippen molar-refractivity contribution in [1.29, 1.82) is 0 Å². The molecule has 53 heavy (non-hydrogen) atoms. The maximum Gasteiger partial charge on any atom is 0.161 e. The normalized spacial score (nSPS) is 12.2. The average Bonchev–Trinajstić information content (AvgIpc) is 3.22. The quantitative estimate of drug-likeness (QED) is 0.0894. The minimum atomic E-state index is 0.405. The summed E-state index contributed by atoms with van der Waals surface area (Å²) in [5.74, 6) is 1.11. The van der Waals surface area contributed by atoms with Crippen molar-refractivity contribution in [2.24, 2.45) is 15.0 Å². The number of rotatable bonds is 13. The molecule has 0 atom stereocenters. The van der Waals surface area contributed by atoms with Crippen molar-refractivity contribution >= 4 is 46.6 Å². The number of hydrogen-bond donors (Lipinski definition) is 0. The molecule has 0 N–H and O–H groups in total. The number of benzene rings is 5. The van der Waals surface area contributed by atoms with E-state index in [0.717, 1.165) is 75.8 Å². The van der Waals surface area contributed by atoms with Gasteiger partial charge in [-0.1, -0.05) is 117 Å². The molecule has 0 saturated heterocycles. The van der Waals surface area contributed by atoms with E-state index in [-0.39, 0.29) is 0 Å². The van der Waals surface area contributed by atoms with Crippen LogP contribution in [-0.4, -0.2) is 28.4 Å². The molecule has 0 amide bonds. The number of aliphatic imine (C=N–C) groups is 3. The molecule has 6 rings (SSSR count). The van der Waals surface area contributed by atoms with Gasteiger partial charge in [0.25, 0.3) is 0 Å². The third-order valence-electron chi connectivity index (χ3n) is 9.37. The van der Waals surface area contributed by atoms with E-state index >= 15 is 0 Å². The monoisotopic (exact) mass is 691 g/mol. The first-order valence-corrected chi connectivity index (χ1v) is 18.2. The zero-order valence-electron chi connectivity index (χ0n) is 30.7. The minimum Gasteiger partial charge on any atom is -0.261 e. The van der Waals surface area contributed by atoms with Gasteiger partial charge in [-0.05, 0) is 115 Å². The predicted octanol–water partition coefficient (Wildman–Crippen LogP) is 11.9. The Morgan fingerprint density at radius 3 is 2.11 bits per heavy atom. The van der Waals surface area contributed by atoms with Crippen LogP contribution in [0.1, 0.15) is 72.1 Å². The average molecular weight is 692 g/mol. The fourth-order valence-corrected chi connectivity index (χ4v) is 6.45. The summed E-state index contributed by atoms with van der Waals surface area (Å²) in [6.45, 7) is 17.0. The summed E-state index contributed by atoms with van der Waals surface area (Å²) in [5, 5.41) is 0. The summed E-state index contributed by atoms with van der Waals surface area (Å²) in [4.78, 5) is 24.0. The predicted molar refractivity (Wildman–Crippen MR) is 227 cm³/mol. The minimum absolute atomic E-state index is 0.405. The lowest BCUT2D eigenvalue weighted by Gasteiger charge is -2.14. The van der Waals surface area contributed by atoms with Crippen LogP contribution >= 0.6 is 0 Å². The van der Waals surface area contributed by atoms with Crippen LogP contribution < -0.4 is 0 Å². The maximum atomic E-state index is 5.10. The van der Waals surface area contributed by atoms with Crippen molar-refractivity contribution < 1.29 is 0 Å². The highest BCUT2D eigenvalue weighted by Gasteiger charge is 2.12. The van der Waals surface area contributed by atoms with Crippen molar-refractivity contribution in [1.82, 2.24) is 9.97 Å². The maximum absolute atomic E-state index is 5.10. The lowest BCUT2D eigenvalue weighted by molar-refractivity contribution is 0.891. The molecule has 0 bridgehead atoms. The highest BCUT2D eigenvalue weighted by molar-refractivity contribution is 6.12. The van der Waals surface area contributed by atoms with Crippen LogP contribution in [0.25, 0.3) is 39.5 Å². The standard InChI is InChI=1S/C48H45N5/c1-6-36(23-17-18-34(4)41-27-26-37(7-2)38(8-3)30-41)42-28-35(29-43(31-42)46-33-50-44-24-15-16-25-45(44)52-46)32-51-48(40-21-13-10-14-22-40)53-47(49-5)39-19-11-9-12-20-39/h6,8-16,19-22,24-31,33H,3-5,7,17-18,23,32H2,1-2H3/b36-6+,51-48?,53-47?. The molecule has 0 radical (unpaired) electrons. The molecule has 1 heterocycles. The van der Waals surface area contributed by atoms with Crippen molar-refractivity contribution in [3.05, 3.63) is 186 Å². The van der Waals surface area contributed by atoms with Crippen LogP contribution in [0.5, 0.6) is 0 Å². The van der Waals surface area contributed by atoms with Gasteiger partial charge in [-0.25, -0.2) is 15.0 Å². The van der Waals surface area contributed by atoms with Gasteiger partial charge in [0.05, 0.1) is 29.5 Å². The first-order valence-electron chi connectivity index (χ1n) is 18.2. The summed E-state index contributed by atoms with van der Waals surface area (Å²) in [7, 11) is 0. The summed E-state index contributed by atoms with van der Waals surface area (Å²) < 4.78 is 0. The van der Waals surface area contributed by atoms with Gasteiger partial charge in [0.1, 0.15) is 0 Å². The first-order chi connectivity index (χ1) is 26.0. The number of allylic oxidation sites excluding steroid dienone is 3. The third kappa shape index (κ3) is 9.13. The fourth-order valence-electron chi connectivity index (χ4n) is 6.45. The number of nitrogens with zero attached hydrogens (tertiary/aromatic N) is 5. The Morgan fingerprint density at radius 2 is 1.43 bits per heavy atom. The molecule has 0 fully saturated rings. The van der Waals surface area contributed by atoms with Crippen LogP contribution in [0.15, 0.2) is 162 Å². The second-order valence-electron chi connectivity index (χ2n) is 12.9. The Balaban J connectivity index is 1.33. The SMILES string of the molecule is C=Cc1cc(C(=C)CCC/C(=C\C)c2cc(CN=C(N=C(N=C)c3ccccc3)c3ccccc3)cc(-c3cnc4ccccc4n3)c2)ccc1CC. The van der Waals surface area contributed by atoms with Crippen LogP contribution in [0, 0.1) is 0 Å². The van der Waals surface area contributed by atoms with E-state index in [1.54, 1.807) is 0 Å². The van der Waals surface area contributed by atoms with Gasteiger partial charge in [-0.15, -0.1) is 0 Å². The van der Waals surface area contributed by atoms with Crippen LogP contribution in [0.4, 0.5) is 0 Å². The van der Waals surface area contributed by atoms with E-state index in [4.69, 9.17) is 20.0 Å². The zero-order chi connectivity index (χ0) is 37.0.